The van der Waals surface area contributed by atoms with Crippen LogP contribution in [-0.2, 0) is 9.47 Å². The van der Waals surface area contributed by atoms with Crippen molar-refractivity contribution in [1.82, 2.24) is 0 Å². The molecular weight excluding hydrogens is 204 g/mol. The lowest BCUT2D eigenvalue weighted by atomic mass is 10.1. The van der Waals surface area contributed by atoms with Crippen LogP contribution in [0.2, 0.25) is 0 Å². The molecule has 4 atom stereocenters. The first kappa shape index (κ1) is 14.8. The van der Waals surface area contributed by atoms with Crippen molar-refractivity contribution in [2.45, 2.75) is 38.4 Å². The number of aliphatic hydroxyl groups excluding tert-OH is 4. The molecule has 6 nitrogen and oxygen atoms in total. The number of rotatable bonds is 2. The van der Waals surface area contributed by atoms with Gasteiger partial charge in [0, 0.05) is 13.2 Å². The van der Waals surface area contributed by atoms with E-state index in [-0.39, 0.29) is 6.61 Å². The fourth-order valence-electron chi connectivity index (χ4n) is 0.995. The lowest BCUT2D eigenvalue weighted by Gasteiger charge is -2.31. The summed E-state index contributed by atoms with van der Waals surface area (Å²) in [5.74, 6) is 0. The Balaban J connectivity index is 0.000000336. The molecule has 6 heteroatoms. The van der Waals surface area contributed by atoms with Gasteiger partial charge in [-0.3, -0.25) is 0 Å². The van der Waals surface area contributed by atoms with Gasteiger partial charge in [0.25, 0.3) is 0 Å². The van der Waals surface area contributed by atoms with Crippen molar-refractivity contribution >= 4 is 0 Å². The first-order valence-electron chi connectivity index (χ1n) is 4.96. The second-order valence-corrected chi connectivity index (χ2v) is 3.05. The molecule has 0 aromatic carbocycles. The Morgan fingerprint density at radius 2 is 1.60 bits per heavy atom. The van der Waals surface area contributed by atoms with Crippen molar-refractivity contribution in [2.75, 3.05) is 19.8 Å². The average Bonchev–Trinajstić information content (AvgIpc) is 2.23. The van der Waals surface area contributed by atoms with Crippen LogP contribution < -0.4 is 0 Å². The highest BCUT2D eigenvalue weighted by molar-refractivity contribution is 4.81. The van der Waals surface area contributed by atoms with Crippen molar-refractivity contribution in [3.8, 4) is 0 Å². The van der Waals surface area contributed by atoms with E-state index in [2.05, 4.69) is 4.74 Å². The molecule has 92 valence electrons. The van der Waals surface area contributed by atoms with Crippen molar-refractivity contribution in [3.05, 3.63) is 0 Å². The molecular formula is C9H20O6. The summed E-state index contributed by atoms with van der Waals surface area (Å²) in [5, 5.41) is 35.3. The van der Waals surface area contributed by atoms with Crippen LogP contribution in [0.15, 0.2) is 0 Å². The standard InChI is InChI=1S/C5H10O5.C4H10O/c6-2-1-10-5(9)4(8)3(2)7;1-3-5-4-2/h2-9H,1H2;3-4H2,1-2H3/t2-,3+,4-,5?;/m1./s1. The van der Waals surface area contributed by atoms with E-state index < -0.39 is 24.6 Å². The van der Waals surface area contributed by atoms with Gasteiger partial charge in [-0.05, 0) is 13.8 Å². The Labute approximate surface area is 89.1 Å². The van der Waals surface area contributed by atoms with E-state index in [9.17, 15) is 0 Å². The van der Waals surface area contributed by atoms with E-state index in [1.54, 1.807) is 0 Å². The largest absolute Gasteiger partial charge is 0.388 e. The van der Waals surface area contributed by atoms with Gasteiger partial charge in [-0.1, -0.05) is 0 Å². The molecule has 15 heavy (non-hydrogen) atoms. The first-order valence-corrected chi connectivity index (χ1v) is 4.96. The average molecular weight is 224 g/mol. The summed E-state index contributed by atoms with van der Waals surface area (Å²) in [4.78, 5) is 0. The lowest BCUT2D eigenvalue weighted by molar-refractivity contribution is -0.252. The molecule has 0 saturated carbocycles. The minimum atomic E-state index is -1.41. The Bertz CT molecular complexity index is 138. The van der Waals surface area contributed by atoms with Crippen LogP contribution in [0.3, 0.4) is 0 Å². The minimum absolute atomic E-state index is 0.153. The third kappa shape index (κ3) is 5.41. The molecule has 1 aliphatic rings. The third-order valence-corrected chi connectivity index (χ3v) is 1.88. The van der Waals surface area contributed by atoms with Gasteiger partial charge in [0.2, 0.25) is 0 Å². The molecule has 1 saturated heterocycles. The first-order chi connectivity index (χ1) is 7.04. The second kappa shape index (κ2) is 7.98. The maximum absolute atomic E-state index is 8.88. The number of hydrogen-bond acceptors (Lipinski definition) is 6. The van der Waals surface area contributed by atoms with Gasteiger partial charge in [-0.15, -0.1) is 0 Å². The number of ether oxygens (including phenoxy) is 2. The Kier molecular flexibility index (Phi) is 7.85. The highest BCUT2D eigenvalue weighted by atomic mass is 16.6. The summed E-state index contributed by atoms with van der Waals surface area (Å²) >= 11 is 0. The SMILES string of the molecule is CCOCC.OC1OC[C@@H](O)[C@H](O)[C@H]1O. The van der Waals surface area contributed by atoms with Crippen LogP contribution in [0.4, 0.5) is 0 Å². The zero-order chi connectivity index (χ0) is 11.8. The van der Waals surface area contributed by atoms with E-state index in [4.69, 9.17) is 25.2 Å². The molecule has 0 amide bonds. The number of aliphatic hydroxyl groups is 4. The zero-order valence-corrected chi connectivity index (χ0v) is 9.04. The van der Waals surface area contributed by atoms with E-state index in [0.29, 0.717) is 0 Å². The zero-order valence-electron chi connectivity index (χ0n) is 9.04. The number of hydrogen-bond donors (Lipinski definition) is 4. The van der Waals surface area contributed by atoms with E-state index >= 15 is 0 Å². The van der Waals surface area contributed by atoms with Crippen LogP contribution in [-0.4, -0.2) is 64.8 Å². The van der Waals surface area contributed by atoms with Crippen molar-refractivity contribution < 1.29 is 29.9 Å². The van der Waals surface area contributed by atoms with Gasteiger partial charge in [0.1, 0.15) is 18.3 Å². The molecule has 1 rings (SSSR count). The van der Waals surface area contributed by atoms with Gasteiger partial charge in [0.05, 0.1) is 6.61 Å². The van der Waals surface area contributed by atoms with Crippen LogP contribution >= 0.6 is 0 Å². The van der Waals surface area contributed by atoms with Crippen molar-refractivity contribution in [3.63, 3.8) is 0 Å². The fourth-order valence-corrected chi connectivity index (χ4v) is 0.995. The molecule has 4 N–H and O–H groups in total. The summed E-state index contributed by atoms with van der Waals surface area (Å²) in [6.07, 6.45) is -5.23. The highest BCUT2D eigenvalue weighted by Crippen LogP contribution is 2.12. The quantitative estimate of drug-likeness (QED) is 0.454. The van der Waals surface area contributed by atoms with Crippen LogP contribution in [0.5, 0.6) is 0 Å². The summed E-state index contributed by atoms with van der Waals surface area (Å²) < 4.78 is 9.30. The highest BCUT2D eigenvalue weighted by Gasteiger charge is 2.36. The smallest absolute Gasteiger partial charge is 0.183 e. The third-order valence-electron chi connectivity index (χ3n) is 1.88. The second-order valence-electron chi connectivity index (χ2n) is 3.05. The molecule has 0 bridgehead atoms. The van der Waals surface area contributed by atoms with Gasteiger partial charge in [-0.2, -0.15) is 0 Å². The fraction of sp³-hybridized carbons (Fsp3) is 1.00. The minimum Gasteiger partial charge on any atom is -0.388 e. The maximum atomic E-state index is 8.88. The van der Waals surface area contributed by atoms with E-state index in [1.807, 2.05) is 13.8 Å². The van der Waals surface area contributed by atoms with Crippen LogP contribution in [0.1, 0.15) is 13.8 Å². The maximum Gasteiger partial charge on any atom is 0.183 e. The summed E-state index contributed by atoms with van der Waals surface area (Å²) in [6, 6.07) is 0. The van der Waals surface area contributed by atoms with Gasteiger partial charge < -0.3 is 29.9 Å². The van der Waals surface area contributed by atoms with E-state index in [1.165, 1.54) is 0 Å². The molecule has 0 spiro atoms. The monoisotopic (exact) mass is 224 g/mol. The van der Waals surface area contributed by atoms with Crippen molar-refractivity contribution in [2.24, 2.45) is 0 Å². The molecule has 0 aromatic heterocycles. The van der Waals surface area contributed by atoms with Gasteiger partial charge in [0.15, 0.2) is 6.29 Å². The Morgan fingerprint density at radius 1 is 1.07 bits per heavy atom. The lowest BCUT2D eigenvalue weighted by Crippen LogP contribution is -2.52. The molecule has 1 heterocycles. The molecule has 0 aromatic rings. The summed E-state index contributed by atoms with van der Waals surface area (Å²) in [7, 11) is 0. The van der Waals surface area contributed by atoms with E-state index in [0.717, 1.165) is 13.2 Å². The van der Waals surface area contributed by atoms with Crippen LogP contribution in [0, 0.1) is 0 Å². The molecule has 1 unspecified atom stereocenters. The van der Waals surface area contributed by atoms with Crippen LogP contribution in [0.25, 0.3) is 0 Å². The normalized spacial score (nSPS) is 35.6. The predicted octanol–water partition coefficient (Wildman–Crippen LogP) is -1.54. The Hall–Kier alpha value is -0.240. The van der Waals surface area contributed by atoms with Gasteiger partial charge in [-0.25, -0.2) is 0 Å². The topological polar surface area (TPSA) is 99.4 Å². The summed E-state index contributed by atoms with van der Waals surface area (Å²) in [6.45, 7) is 5.51. The summed E-state index contributed by atoms with van der Waals surface area (Å²) in [5.41, 5.74) is 0. The molecule has 0 radical (unpaired) electrons. The van der Waals surface area contributed by atoms with Crippen molar-refractivity contribution in [1.29, 1.82) is 0 Å². The molecule has 1 fully saturated rings. The predicted molar refractivity (Wildman–Crippen MR) is 52.1 cm³/mol. The molecule has 0 aliphatic carbocycles. The van der Waals surface area contributed by atoms with Gasteiger partial charge >= 0.3 is 0 Å². The molecule has 1 aliphatic heterocycles. The Morgan fingerprint density at radius 3 is 1.93 bits per heavy atom.